The van der Waals surface area contributed by atoms with Gasteiger partial charge < -0.3 is 20.4 Å². The number of carboxylic acids is 1. The lowest BCUT2D eigenvalue weighted by Gasteiger charge is -2.27. The molecule has 1 unspecified atom stereocenters. The number of nitrogens with one attached hydrogen (secondary N) is 1. The van der Waals surface area contributed by atoms with Crippen molar-refractivity contribution in [2.45, 2.75) is 19.9 Å². The first-order valence-corrected chi connectivity index (χ1v) is 7.81. The van der Waals surface area contributed by atoms with E-state index in [1.54, 1.807) is 12.1 Å². The molecular formula is C18H20N2O5. The van der Waals surface area contributed by atoms with Crippen LogP contribution in [0.5, 0.6) is 5.75 Å². The van der Waals surface area contributed by atoms with Crippen molar-refractivity contribution in [3.8, 4) is 5.75 Å². The lowest BCUT2D eigenvalue weighted by atomic mass is 10.0. The van der Waals surface area contributed by atoms with Crippen LogP contribution in [0.1, 0.15) is 24.2 Å². The fourth-order valence-electron chi connectivity index (χ4n) is 2.51. The standard InChI is InChI=1S/C18H20N2O5/c1-11(18(24)25)20(8-7-19-12(2)21)17(23)15-9-13-5-3-4-6-14(13)10-16(15)22/h3-6,9-11,22H,7-8H2,1-2H3,(H,19,21)(H,24,25). The number of aromatic hydroxyl groups is 1. The van der Waals surface area contributed by atoms with Gasteiger partial charge in [0.15, 0.2) is 0 Å². The molecule has 0 spiro atoms. The Morgan fingerprint density at radius 2 is 1.76 bits per heavy atom. The number of hydrogen-bond donors (Lipinski definition) is 3. The second-order valence-electron chi connectivity index (χ2n) is 5.71. The molecule has 2 aromatic carbocycles. The SMILES string of the molecule is CC(=O)NCCN(C(=O)c1cc2ccccc2cc1O)C(C)C(=O)O. The summed E-state index contributed by atoms with van der Waals surface area (Å²) in [6.07, 6.45) is 0. The first-order valence-electron chi connectivity index (χ1n) is 7.81. The molecule has 0 aliphatic heterocycles. The highest BCUT2D eigenvalue weighted by atomic mass is 16.4. The van der Waals surface area contributed by atoms with Crippen molar-refractivity contribution in [3.63, 3.8) is 0 Å². The Balaban J connectivity index is 2.35. The summed E-state index contributed by atoms with van der Waals surface area (Å²) in [7, 11) is 0. The molecule has 132 valence electrons. The molecular weight excluding hydrogens is 324 g/mol. The number of phenolic OH excluding ortho intramolecular Hbond substituents is 1. The zero-order valence-electron chi connectivity index (χ0n) is 14.0. The van der Waals surface area contributed by atoms with Crippen molar-refractivity contribution in [2.75, 3.05) is 13.1 Å². The summed E-state index contributed by atoms with van der Waals surface area (Å²) in [6.45, 7) is 2.85. The highest BCUT2D eigenvalue weighted by Crippen LogP contribution is 2.26. The molecule has 0 saturated carbocycles. The summed E-state index contributed by atoms with van der Waals surface area (Å²) in [4.78, 5) is 36.3. The summed E-state index contributed by atoms with van der Waals surface area (Å²) >= 11 is 0. The highest BCUT2D eigenvalue weighted by molar-refractivity contribution is 6.02. The summed E-state index contributed by atoms with van der Waals surface area (Å²) in [6, 6.07) is 9.13. The van der Waals surface area contributed by atoms with E-state index in [2.05, 4.69) is 5.32 Å². The van der Waals surface area contributed by atoms with Crippen LogP contribution < -0.4 is 5.32 Å². The van der Waals surface area contributed by atoms with Gasteiger partial charge >= 0.3 is 5.97 Å². The van der Waals surface area contributed by atoms with Gasteiger partial charge in [0.25, 0.3) is 5.91 Å². The van der Waals surface area contributed by atoms with E-state index in [4.69, 9.17) is 0 Å². The third-order valence-electron chi connectivity index (χ3n) is 3.91. The van der Waals surface area contributed by atoms with Crippen molar-refractivity contribution >= 4 is 28.6 Å². The van der Waals surface area contributed by atoms with E-state index in [1.807, 2.05) is 12.1 Å². The third-order valence-corrected chi connectivity index (χ3v) is 3.91. The maximum atomic E-state index is 12.8. The minimum Gasteiger partial charge on any atom is -0.507 e. The number of fused-ring (bicyclic) bond motifs is 1. The van der Waals surface area contributed by atoms with E-state index in [1.165, 1.54) is 26.0 Å². The predicted molar refractivity (Wildman–Crippen MR) is 92.4 cm³/mol. The predicted octanol–water partition coefficient (Wildman–Crippen LogP) is 1.60. The van der Waals surface area contributed by atoms with Gasteiger partial charge in [0, 0.05) is 20.0 Å². The summed E-state index contributed by atoms with van der Waals surface area (Å²) < 4.78 is 0. The minimum atomic E-state index is -1.17. The van der Waals surface area contributed by atoms with Gasteiger partial charge in [0.1, 0.15) is 11.8 Å². The van der Waals surface area contributed by atoms with Crippen LogP contribution in [0.15, 0.2) is 36.4 Å². The maximum absolute atomic E-state index is 12.8. The molecule has 2 aromatic rings. The summed E-state index contributed by atoms with van der Waals surface area (Å²) in [5.74, 6) is -2.27. The number of benzene rings is 2. The highest BCUT2D eigenvalue weighted by Gasteiger charge is 2.28. The van der Waals surface area contributed by atoms with E-state index in [9.17, 15) is 24.6 Å². The van der Waals surface area contributed by atoms with Gasteiger partial charge in [0.05, 0.1) is 5.56 Å². The Labute approximate surface area is 144 Å². The third kappa shape index (κ3) is 4.26. The van der Waals surface area contributed by atoms with Crippen molar-refractivity contribution < 1.29 is 24.6 Å². The van der Waals surface area contributed by atoms with Gasteiger partial charge in [-0.25, -0.2) is 4.79 Å². The molecule has 7 nitrogen and oxygen atoms in total. The van der Waals surface area contributed by atoms with Crippen LogP contribution in [0.2, 0.25) is 0 Å². The molecule has 2 amide bonds. The summed E-state index contributed by atoms with van der Waals surface area (Å²) in [5.41, 5.74) is 0.0228. The Morgan fingerprint density at radius 3 is 2.32 bits per heavy atom. The van der Waals surface area contributed by atoms with Crippen molar-refractivity contribution in [1.29, 1.82) is 0 Å². The molecule has 1 atom stereocenters. The summed E-state index contributed by atoms with van der Waals surface area (Å²) in [5, 5.41) is 23.5. The fraction of sp³-hybridized carbons (Fsp3) is 0.278. The number of aliphatic carboxylic acids is 1. The van der Waals surface area contributed by atoms with E-state index in [0.29, 0.717) is 0 Å². The first kappa shape index (κ1) is 18.3. The smallest absolute Gasteiger partial charge is 0.326 e. The maximum Gasteiger partial charge on any atom is 0.326 e. The molecule has 0 radical (unpaired) electrons. The van der Waals surface area contributed by atoms with Crippen LogP contribution >= 0.6 is 0 Å². The van der Waals surface area contributed by atoms with Crippen LogP contribution in [0.25, 0.3) is 10.8 Å². The number of hydrogen-bond acceptors (Lipinski definition) is 4. The Bertz CT molecular complexity index is 818. The van der Waals surface area contributed by atoms with Crippen LogP contribution in [0.4, 0.5) is 0 Å². The lowest BCUT2D eigenvalue weighted by molar-refractivity contribution is -0.141. The number of amides is 2. The van der Waals surface area contributed by atoms with Crippen LogP contribution in [-0.4, -0.2) is 52.0 Å². The first-order chi connectivity index (χ1) is 11.8. The fourth-order valence-corrected chi connectivity index (χ4v) is 2.51. The van der Waals surface area contributed by atoms with Crippen LogP contribution in [0.3, 0.4) is 0 Å². The molecule has 3 N–H and O–H groups in total. The van der Waals surface area contributed by atoms with Gasteiger partial charge in [-0.05, 0) is 29.8 Å². The quantitative estimate of drug-likeness (QED) is 0.738. The van der Waals surface area contributed by atoms with Crippen molar-refractivity contribution in [3.05, 3.63) is 42.0 Å². The number of carbonyl (C=O) groups excluding carboxylic acids is 2. The van der Waals surface area contributed by atoms with Crippen LogP contribution in [0, 0.1) is 0 Å². The average Bonchev–Trinajstić information content (AvgIpc) is 2.56. The zero-order chi connectivity index (χ0) is 18.6. The second kappa shape index (κ2) is 7.65. The molecule has 25 heavy (non-hydrogen) atoms. The molecule has 7 heteroatoms. The van der Waals surface area contributed by atoms with Gasteiger partial charge in [-0.2, -0.15) is 0 Å². The molecule has 0 heterocycles. The Hall–Kier alpha value is -3.09. The molecule has 0 aliphatic rings. The van der Waals surface area contributed by atoms with Crippen molar-refractivity contribution in [1.82, 2.24) is 10.2 Å². The molecule has 0 saturated heterocycles. The topological polar surface area (TPSA) is 107 Å². The van der Waals surface area contributed by atoms with Gasteiger partial charge in [-0.15, -0.1) is 0 Å². The minimum absolute atomic E-state index is 0.0121. The second-order valence-corrected chi connectivity index (χ2v) is 5.71. The Morgan fingerprint density at radius 1 is 1.16 bits per heavy atom. The molecule has 0 aliphatic carbocycles. The van der Waals surface area contributed by atoms with Gasteiger partial charge in [-0.1, -0.05) is 24.3 Å². The normalized spacial score (nSPS) is 11.8. The molecule has 0 aromatic heterocycles. The van der Waals surface area contributed by atoms with E-state index in [0.717, 1.165) is 15.7 Å². The molecule has 0 bridgehead atoms. The number of carbonyl (C=O) groups is 3. The van der Waals surface area contributed by atoms with Crippen molar-refractivity contribution in [2.24, 2.45) is 0 Å². The van der Waals surface area contributed by atoms with E-state index >= 15 is 0 Å². The molecule has 2 rings (SSSR count). The van der Waals surface area contributed by atoms with Gasteiger partial charge in [-0.3, -0.25) is 9.59 Å². The van der Waals surface area contributed by atoms with Crippen LogP contribution in [-0.2, 0) is 9.59 Å². The van der Waals surface area contributed by atoms with E-state index < -0.39 is 17.9 Å². The monoisotopic (exact) mass is 344 g/mol. The molecule has 0 fully saturated rings. The Kier molecular flexibility index (Phi) is 5.59. The number of rotatable bonds is 6. The number of phenols is 1. The average molecular weight is 344 g/mol. The largest absolute Gasteiger partial charge is 0.507 e. The zero-order valence-corrected chi connectivity index (χ0v) is 14.0. The number of carboxylic acid groups (broad SMARTS) is 1. The number of nitrogens with zero attached hydrogens (tertiary/aromatic N) is 1. The van der Waals surface area contributed by atoms with E-state index in [-0.39, 0.29) is 30.3 Å². The lowest BCUT2D eigenvalue weighted by Crippen LogP contribution is -2.46. The van der Waals surface area contributed by atoms with Gasteiger partial charge in [0.2, 0.25) is 5.91 Å².